The van der Waals surface area contributed by atoms with Gasteiger partial charge in [0, 0.05) is 0 Å². The molecular weight excluding hydrogens is 258 g/mol. The van der Waals surface area contributed by atoms with Gasteiger partial charge in [0.2, 0.25) is 5.91 Å². The zero-order valence-corrected chi connectivity index (χ0v) is 11.7. The summed E-state index contributed by atoms with van der Waals surface area (Å²) in [5, 5.41) is 11.9. The Bertz CT molecular complexity index is 527. The lowest BCUT2D eigenvalue weighted by Gasteiger charge is -2.17. The third kappa shape index (κ3) is 2.92. The summed E-state index contributed by atoms with van der Waals surface area (Å²) in [6, 6.07) is 5.48. The van der Waals surface area contributed by atoms with Crippen molar-refractivity contribution >= 4 is 17.6 Å². The van der Waals surface area contributed by atoms with E-state index in [4.69, 9.17) is 9.84 Å². The smallest absolute Gasteiger partial charge is 0.307 e. The summed E-state index contributed by atoms with van der Waals surface area (Å²) in [5.41, 5.74) is 1.61. The molecule has 0 bridgehead atoms. The van der Waals surface area contributed by atoms with E-state index in [0.717, 1.165) is 12.0 Å². The van der Waals surface area contributed by atoms with Gasteiger partial charge in [-0.05, 0) is 37.5 Å². The van der Waals surface area contributed by atoms with Crippen molar-refractivity contribution < 1.29 is 19.4 Å². The van der Waals surface area contributed by atoms with Crippen molar-refractivity contribution in [3.63, 3.8) is 0 Å². The van der Waals surface area contributed by atoms with Gasteiger partial charge in [-0.1, -0.05) is 12.5 Å². The van der Waals surface area contributed by atoms with Gasteiger partial charge in [-0.2, -0.15) is 0 Å². The topological polar surface area (TPSA) is 75.6 Å². The fraction of sp³-hybridized carbons (Fsp3) is 0.467. The molecule has 0 aromatic heterocycles. The molecule has 1 aromatic carbocycles. The highest BCUT2D eigenvalue weighted by molar-refractivity contribution is 5.96. The molecule has 0 radical (unpaired) electrons. The summed E-state index contributed by atoms with van der Waals surface area (Å²) in [7, 11) is 1.54. The molecule has 0 unspecified atom stereocenters. The molecule has 1 saturated carbocycles. The predicted molar refractivity (Wildman–Crippen MR) is 74.8 cm³/mol. The Hall–Kier alpha value is -2.04. The van der Waals surface area contributed by atoms with Gasteiger partial charge in [-0.15, -0.1) is 0 Å². The van der Waals surface area contributed by atoms with Crippen LogP contribution in [-0.4, -0.2) is 24.1 Å². The van der Waals surface area contributed by atoms with Crippen molar-refractivity contribution in [2.75, 3.05) is 12.4 Å². The van der Waals surface area contributed by atoms with Crippen molar-refractivity contribution in [3.05, 3.63) is 23.8 Å². The number of rotatable bonds is 4. The fourth-order valence-electron chi connectivity index (χ4n) is 2.70. The number of amides is 1. The number of aliphatic carboxylic acids is 1. The summed E-state index contributed by atoms with van der Waals surface area (Å²) in [6.07, 6.45) is 1.97. The molecule has 1 fully saturated rings. The molecule has 1 aromatic rings. The maximum atomic E-state index is 12.3. The number of aryl methyl sites for hydroxylation is 1. The lowest BCUT2D eigenvalue weighted by molar-refractivity contribution is -0.145. The number of carbonyl (C=O) groups excluding carboxylic acids is 1. The van der Waals surface area contributed by atoms with E-state index in [9.17, 15) is 9.59 Å². The van der Waals surface area contributed by atoms with Gasteiger partial charge in [0.25, 0.3) is 0 Å². The van der Waals surface area contributed by atoms with Crippen LogP contribution in [0.4, 0.5) is 5.69 Å². The highest BCUT2D eigenvalue weighted by Crippen LogP contribution is 2.34. The Kier molecular flexibility index (Phi) is 4.27. The summed E-state index contributed by atoms with van der Waals surface area (Å²) < 4.78 is 5.23. The average Bonchev–Trinajstić information content (AvgIpc) is 2.90. The van der Waals surface area contributed by atoms with Crippen molar-refractivity contribution in [1.29, 1.82) is 0 Å². The first-order chi connectivity index (χ1) is 9.52. The number of carboxylic acids is 1. The minimum atomic E-state index is -0.890. The second kappa shape index (κ2) is 5.94. The maximum absolute atomic E-state index is 12.3. The van der Waals surface area contributed by atoms with E-state index in [1.165, 1.54) is 0 Å². The van der Waals surface area contributed by atoms with Crippen molar-refractivity contribution in [3.8, 4) is 5.75 Å². The Labute approximate surface area is 117 Å². The first kappa shape index (κ1) is 14.4. The minimum absolute atomic E-state index is 0.239. The Morgan fingerprint density at radius 1 is 1.30 bits per heavy atom. The van der Waals surface area contributed by atoms with Crippen LogP contribution in [0.2, 0.25) is 0 Å². The average molecular weight is 277 g/mol. The summed E-state index contributed by atoms with van der Waals surface area (Å²) in [5.74, 6) is -1.58. The van der Waals surface area contributed by atoms with Gasteiger partial charge in [-0.3, -0.25) is 9.59 Å². The lowest BCUT2D eigenvalue weighted by atomic mass is 9.95. The summed E-state index contributed by atoms with van der Waals surface area (Å²) in [6.45, 7) is 1.94. The van der Waals surface area contributed by atoms with E-state index < -0.39 is 17.8 Å². The largest absolute Gasteiger partial charge is 0.495 e. The summed E-state index contributed by atoms with van der Waals surface area (Å²) in [4.78, 5) is 23.4. The monoisotopic (exact) mass is 277 g/mol. The van der Waals surface area contributed by atoms with Crippen LogP contribution < -0.4 is 10.1 Å². The number of carboxylic acid groups (broad SMARTS) is 1. The van der Waals surface area contributed by atoms with Crippen LogP contribution in [-0.2, 0) is 9.59 Å². The first-order valence-corrected chi connectivity index (χ1v) is 6.71. The predicted octanol–water partition coefficient (Wildman–Crippen LogP) is 2.44. The number of hydrogen-bond acceptors (Lipinski definition) is 3. The van der Waals surface area contributed by atoms with E-state index in [-0.39, 0.29) is 5.91 Å². The molecule has 0 saturated heterocycles. The number of nitrogens with one attached hydrogen (secondary N) is 1. The number of methoxy groups -OCH3 is 1. The molecule has 1 amide bonds. The van der Waals surface area contributed by atoms with Crippen molar-refractivity contribution in [1.82, 2.24) is 0 Å². The van der Waals surface area contributed by atoms with Crippen LogP contribution in [0.15, 0.2) is 18.2 Å². The Balaban J connectivity index is 2.13. The molecule has 5 heteroatoms. The molecule has 0 aliphatic heterocycles. The number of carbonyl (C=O) groups is 2. The quantitative estimate of drug-likeness (QED) is 0.886. The van der Waals surface area contributed by atoms with Crippen LogP contribution in [0.5, 0.6) is 5.75 Å². The van der Waals surface area contributed by atoms with Gasteiger partial charge >= 0.3 is 5.97 Å². The molecule has 2 atom stereocenters. The number of anilines is 1. The minimum Gasteiger partial charge on any atom is -0.495 e. The highest BCUT2D eigenvalue weighted by Gasteiger charge is 2.37. The van der Waals surface area contributed by atoms with Crippen LogP contribution in [0.25, 0.3) is 0 Å². The van der Waals surface area contributed by atoms with Crippen molar-refractivity contribution in [2.24, 2.45) is 11.8 Å². The van der Waals surface area contributed by atoms with E-state index in [1.807, 2.05) is 19.1 Å². The molecule has 20 heavy (non-hydrogen) atoms. The molecule has 2 rings (SSSR count). The van der Waals surface area contributed by atoms with E-state index in [0.29, 0.717) is 24.3 Å². The van der Waals surface area contributed by atoms with Gasteiger partial charge < -0.3 is 15.2 Å². The van der Waals surface area contributed by atoms with Crippen LogP contribution >= 0.6 is 0 Å². The maximum Gasteiger partial charge on any atom is 0.307 e. The zero-order valence-electron chi connectivity index (χ0n) is 11.7. The highest BCUT2D eigenvalue weighted by atomic mass is 16.5. The van der Waals surface area contributed by atoms with Gasteiger partial charge in [-0.25, -0.2) is 0 Å². The lowest BCUT2D eigenvalue weighted by Crippen LogP contribution is -2.30. The van der Waals surface area contributed by atoms with Crippen LogP contribution in [0.1, 0.15) is 24.8 Å². The second-order valence-electron chi connectivity index (χ2n) is 5.18. The number of benzene rings is 1. The molecular formula is C15H19NO4. The molecule has 5 nitrogen and oxygen atoms in total. The third-order valence-corrected chi connectivity index (χ3v) is 3.78. The fourth-order valence-corrected chi connectivity index (χ4v) is 2.70. The number of hydrogen-bond donors (Lipinski definition) is 2. The molecule has 108 valence electrons. The Morgan fingerprint density at radius 2 is 2.00 bits per heavy atom. The third-order valence-electron chi connectivity index (χ3n) is 3.78. The summed E-state index contributed by atoms with van der Waals surface area (Å²) >= 11 is 0. The first-order valence-electron chi connectivity index (χ1n) is 6.71. The standard InChI is InChI=1S/C15H19NO4/c1-9-6-7-12(13(8-9)20-2)16-14(17)10-4-3-5-11(10)15(18)19/h6-8,10-11H,3-5H2,1-2H3,(H,16,17)(H,18,19)/t10-,11+/m1/s1. The molecule has 0 spiro atoms. The second-order valence-corrected chi connectivity index (χ2v) is 5.18. The number of ether oxygens (including phenoxy) is 1. The van der Waals surface area contributed by atoms with E-state index in [1.54, 1.807) is 13.2 Å². The van der Waals surface area contributed by atoms with Gasteiger partial charge in [0.15, 0.2) is 0 Å². The van der Waals surface area contributed by atoms with Crippen molar-refractivity contribution in [2.45, 2.75) is 26.2 Å². The normalized spacial score (nSPS) is 21.5. The van der Waals surface area contributed by atoms with E-state index >= 15 is 0 Å². The van der Waals surface area contributed by atoms with Crippen LogP contribution in [0, 0.1) is 18.8 Å². The van der Waals surface area contributed by atoms with E-state index in [2.05, 4.69) is 5.32 Å². The SMILES string of the molecule is COc1cc(C)ccc1NC(=O)[C@@H]1CCC[C@@H]1C(=O)O. The molecule has 2 N–H and O–H groups in total. The molecule has 0 heterocycles. The molecule has 1 aliphatic carbocycles. The zero-order chi connectivity index (χ0) is 14.7. The molecule has 1 aliphatic rings. The van der Waals surface area contributed by atoms with Gasteiger partial charge in [0.1, 0.15) is 5.75 Å². The Morgan fingerprint density at radius 3 is 2.65 bits per heavy atom. The van der Waals surface area contributed by atoms with Gasteiger partial charge in [0.05, 0.1) is 24.6 Å². The van der Waals surface area contributed by atoms with Crippen LogP contribution in [0.3, 0.4) is 0 Å².